The Kier molecular flexibility index (Phi) is 35.8. The molecule has 0 atom stereocenters. The van der Waals surface area contributed by atoms with Crippen molar-refractivity contribution in [3.63, 3.8) is 0 Å². The summed E-state index contributed by atoms with van der Waals surface area (Å²) in [7, 11) is -23.8. The van der Waals surface area contributed by atoms with E-state index < -0.39 is 63.1 Å². The van der Waals surface area contributed by atoms with Crippen molar-refractivity contribution in [2.75, 3.05) is 17.7 Å². The standard InChI is InChI=1S/3C25H22P2.C6H9.3Cu.2F6P/c3*1-5-13-22(14-6-1)26(23-15-7-2-8-16-23)21-27(24-17-9-3-10-18-24)25-19-11-4-12-20-25;1-5-6(2,3)4;;;;2*1-7(2,3,4,5)6/h3*1-20H,21H2;2-4H3;;;;;/q;;;-1;3*+1;2*-1. The van der Waals surface area contributed by atoms with Crippen LogP contribution in [0.4, 0.5) is 50.4 Å². The normalized spacial score (nSPS) is 12.3. The van der Waals surface area contributed by atoms with Crippen LogP contribution in [0.3, 0.4) is 0 Å². The number of benzene rings is 12. The van der Waals surface area contributed by atoms with Gasteiger partial charge in [0.15, 0.2) is 0 Å². The summed E-state index contributed by atoms with van der Waals surface area (Å²) >= 11 is 0. The first-order chi connectivity index (χ1) is 47.7. The van der Waals surface area contributed by atoms with Crippen molar-refractivity contribution in [1.82, 2.24) is 0 Å². The monoisotopic (exact) mass is 1710 g/mol. The summed E-state index contributed by atoms with van der Waals surface area (Å²) in [6.07, 6.45) is 6.60. The largest absolute Gasteiger partial charge is 1.00 e. The molecule has 0 aliphatic rings. The molecule has 0 aromatic heterocycles. The zero-order valence-electron chi connectivity index (χ0n) is 56.3. The molecule has 12 rings (SSSR count). The molecule has 0 heterocycles. The third-order valence-corrected chi connectivity index (χ3v) is 31.9. The van der Waals surface area contributed by atoms with Crippen LogP contribution in [0.5, 0.6) is 0 Å². The molecule has 0 saturated heterocycles. The predicted molar refractivity (Wildman–Crippen MR) is 423 cm³/mol. The minimum Gasteiger partial charge on any atom is -0.693 e. The molecule has 12 aromatic carbocycles. The Morgan fingerprint density at radius 1 is 0.212 bits per heavy atom. The first-order valence-corrected chi connectivity index (χ1v) is 44.8. The van der Waals surface area contributed by atoms with E-state index in [0.29, 0.717) is 0 Å². The van der Waals surface area contributed by atoms with E-state index in [9.17, 15) is 50.4 Å². The summed E-state index contributed by atoms with van der Waals surface area (Å²) in [6, 6.07) is 132. The Balaban J connectivity index is 0.000000288. The summed E-state index contributed by atoms with van der Waals surface area (Å²) in [5.41, 5.74) is -0.0417. The molecule has 0 aliphatic heterocycles. The molecule has 556 valence electrons. The van der Waals surface area contributed by atoms with Gasteiger partial charge in [-0.2, -0.15) is 0 Å². The molecule has 12 aromatic rings. The van der Waals surface area contributed by atoms with E-state index in [4.69, 9.17) is 6.42 Å². The van der Waals surface area contributed by atoms with E-state index >= 15 is 0 Å². The topological polar surface area (TPSA) is 0 Å². The zero-order chi connectivity index (χ0) is 73.0. The molecule has 0 unspecified atom stereocenters. The van der Waals surface area contributed by atoms with Crippen LogP contribution in [0.2, 0.25) is 0 Å². The third kappa shape index (κ3) is 37.3. The summed E-state index contributed by atoms with van der Waals surface area (Å²) in [4.78, 5) is 0. The van der Waals surface area contributed by atoms with Crippen molar-refractivity contribution in [2.45, 2.75) is 20.8 Å². The van der Waals surface area contributed by atoms with Crippen molar-refractivity contribution in [1.29, 1.82) is 0 Å². The molecular weight excluding hydrogens is 1640 g/mol. The van der Waals surface area contributed by atoms with Crippen LogP contribution in [0.25, 0.3) is 0 Å². The van der Waals surface area contributed by atoms with Gasteiger partial charge in [0.2, 0.25) is 0 Å². The maximum absolute atomic E-state index is 10.7. The third-order valence-electron chi connectivity index (χ3n) is 14.0. The first-order valence-electron chi connectivity index (χ1n) is 31.5. The van der Waals surface area contributed by atoms with Gasteiger partial charge in [-0.3, -0.25) is 0 Å². The Morgan fingerprint density at radius 2 is 0.279 bits per heavy atom. The van der Waals surface area contributed by atoms with Crippen LogP contribution >= 0.6 is 63.1 Å². The summed E-state index contributed by atoms with van der Waals surface area (Å²) in [6.45, 7) is 5.83. The number of halogens is 12. The van der Waals surface area contributed by atoms with Crippen LogP contribution < -0.4 is 63.7 Å². The van der Waals surface area contributed by atoms with Crippen LogP contribution in [-0.2, 0) is 51.2 Å². The molecule has 0 fully saturated rings. The van der Waals surface area contributed by atoms with Crippen LogP contribution in [0.1, 0.15) is 20.8 Å². The van der Waals surface area contributed by atoms with Gasteiger partial charge in [-0.05, 0) is 117 Å². The smallest absolute Gasteiger partial charge is 0.693 e. The van der Waals surface area contributed by atoms with E-state index in [1.807, 2.05) is 20.8 Å². The molecule has 0 spiro atoms. The molecule has 0 amide bonds. The molecule has 0 saturated carbocycles. The van der Waals surface area contributed by atoms with Gasteiger partial charge in [0.25, 0.3) is 0 Å². The second-order valence-corrected chi connectivity index (χ2v) is 41.9. The number of hydrogen-bond donors (Lipinski definition) is 0. The van der Waals surface area contributed by atoms with E-state index in [2.05, 4.69) is 370 Å². The molecule has 0 radical (unpaired) electrons. The molecule has 23 heteroatoms. The summed E-state index contributed by atoms with van der Waals surface area (Å²) < 4.78 is 118. The summed E-state index contributed by atoms with van der Waals surface area (Å²) in [5.74, 6) is 5.87. The molecule has 0 nitrogen and oxygen atoms in total. The quantitative estimate of drug-likeness (QED) is 0.0264. The van der Waals surface area contributed by atoms with E-state index in [0.717, 1.165) is 0 Å². The van der Waals surface area contributed by atoms with Crippen molar-refractivity contribution in [2.24, 2.45) is 5.41 Å². The molecule has 0 bridgehead atoms. The molecule has 0 N–H and O–H groups in total. The van der Waals surface area contributed by atoms with E-state index in [1.165, 1.54) is 81.4 Å². The van der Waals surface area contributed by atoms with Crippen molar-refractivity contribution in [3.05, 3.63) is 370 Å². The maximum Gasteiger partial charge on any atom is 1.00 e. The van der Waals surface area contributed by atoms with E-state index in [-0.39, 0.29) is 56.6 Å². The van der Waals surface area contributed by atoms with Crippen molar-refractivity contribution >= 4 is 127 Å². The summed E-state index contributed by atoms with van der Waals surface area (Å²) in [5, 5.41) is 17.5. The fraction of sp³-hybridized carbons (Fsp3) is 0.0864. The van der Waals surface area contributed by atoms with Crippen molar-refractivity contribution < 1.29 is 102 Å². The second-order valence-electron chi connectivity index (χ2n) is 23.3. The minimum atomic E-state index is -10.7. The maximum atomic E-state index is 9.87. The van der Waals surface area contributed by atoms with Crippen LogP contribution in [0.15, 0.2) is 364 Å². The Labute approximate surface area is 643 Å². The van der Waals surface area contributed by atoms with Crippen LogP contribution in [0, 0.1) is 17.8 Å². The van der Waals surface area contributed by atoms with Gasteiger partial charge in [-0.25, -0.2) is 0 Å². The van der Waals surface area contributed by atoms with Gasteiger partial charge >= 0.3 is 117 Å². The van der Waals surface area contributed by atoms with Gasteiger partial charge in [0.1, 0.15) is 0 Å². The zero-order valence-corrected chi connectivity index (χ0v) is 66.3. The first kappa shape index (κ1) is 90.7. The van der Waals surface area contributed by atoms with Gasteiger partial charge in [0, 0.05) is 17.7 Å². The fourth-order valence-corrected chi connectivity index (χ4v) is 29.0. The average Bonchev–Trinajstić information content (AvgIpc) is 0.787. The van der Waals surface area contributed by atoms with Gasteiger partial charge in [0.05, 0.1) is 0 Å². The van der Waals surface area contributed by atoms with Crippen molar-refractivity contribution in [3.8, 4) is 5.92 Å². The Bertz CT molecular complexity index is 3440. The fourth-order valence-electron chi connectivity index (χ4n) is 9.59. The second kappa shape index (κ2) is 41.1. The Morgan fingerprint density at radius 3 is 0.337 bits per heavy atom. The predicted octanol–water partition coefficient (Wildman–Crippen LogP) is 24.0. The van der Waals surface area contributed by atoms with Gasteiger partial charge in [-0.1, -0.05) is 385 Å². The molecular formula is C81H75Cu3F12P8. The van der Waals surface area contributed by atoms with E-state index in [1.54, 1.807) is 0 Å². The number of rotatable bonds is 18. The van der Waals surface area contributed by atoms with Crippen LogP contribution in [-0.4, -0.2) is 17.7 Å². The molecule has 0 aliphatic carbocycles. The number of hydrogen-bond acceptors (Lipinski definition) is 0. The molecule has 104 heavy (non-hydrogen) atoms. The van der Waals surface area contributed by atoms with Gasteiger partial charge < -0.3 is 12.3 Å². The Hall–Kier alpha value is -5.64. The minimum absolute atomic E-state index is 0. The van der Waals surface area contributed by atoms with Gasteiger partial charge in [-0.15, -0.1) is 0 Å². The average molecular weight is 1710 g/mol. The SMILES string of the molecule is F[P-](F)(F)(F)(F)F.F[P-](F)(F)(F)(F)F.[C-]#CC(C)(C)C.[Cu+].[Cu+].[Cu+].c1ccc(P(CP(c2ccccc2)c2ccccc2)c2ccccc2)cc1.c1ccc(P(CP(c2ccccc2)c2ccccc2)c2ccccc2)cc1.c1ccc(P(CP(c2ccccc2)c2ccccc2)c2ccccc2)cc1.